The Bertz CT molecular complexity index is 1100. The number of anilines is 1. The Morgan fingerprint density at radius 1 is 1.00 bits per heavy atom. The van der Waals surface area contributed by atoms with Crippen molar-refractivity contribution in [3.05, 3.63) is 54.1 Å². The molecule has 142 valence electrons. The van der Waals surface area contributed by atoms with Crippen LogP contribution >= 0.6 is 0 Å². The summed E-state index contributed by atoms with van der Waals surface area (Å²) in [6, 6.07) is 12.7. The molecule has 0 atom stereocenters. The summed E-state index contributed by atoms with van der Waals surface area (Å²) in [4.78, 5) is 0.329. The summed E-state index contributed by atoms with van der Waals surface area (Å²) >= 11 is 0. The molecule has 0 aromatic heterocycles. The van der Waals surface area contributed by atoms with Crippen LogP contribution in [0.15, 0.2) is 62.7 Å². The molecule has 1 N–H and O–H groups in total. The minimum atomic E-state index is -3.71. The number of nitrogens with zero attached hydrogens (tertiary/aromatic N) is 2. The molecule has 2 aromatic rings. The standard InChI is InChI=1S/C17H17N3O5S2/c21-26(22)16-4-2-1-3-15(16)17(19-26)18-13-5-7-14(8-6-13)27(23,24)20-9-11-25-12-10-20/h1-8H,9-12H2,(H,18,19). The second kappa shape index (κ2) is 6.71. The van der Waals surface area contributed by atoms with Gasteiger partial charge >= 0.3 is 0 Å². The maximum Gasteiger partial charge on any atom is 0.285 e. The van der Waals surface area contributed by atoms with E-state index in [1.54, 1.807) is 30.3 Å². The molecule has 0 bridgehead atoms. The summed E-state index contributed by atoms with van der Waals surface area (Å²) in [5, 5.41) is 2.95. The monoisotopic (exact) mass is 407 g/mol. The van der Waals surface area contributed by atoms with Gasteiger partial charge in [-0.15, -0.1) is 4.40 Å². The zero-order valence-corrected chi connectivity index (χ0v) is 15.8. The van der Waals surface area contributed by atoms with Gasteiger partial charge < -0.3 is 10.1 Å². The van der Waals surface area contributed by atoms with E-state index >= 15 is 0 Å². The van der Waals surface area contributed by atoms with Gasteiger partial charge in [0.1, 0.15) is 4.90 Å². The molecule has 0 radical (unpaired) electrons. The molecule has 0 saturated carbocycles. The fourth-order valence-electron chi connectivity index (χ4n) is 2.98. The lowest BCUT2D eigenvalue weighted by atomic mass is 10.2. The molecule has 4 rings (SSSR count). The third-order valence-corrected chi connectivity index (χ3v) is 7.60. The number of nitrogens with one attached hydrogen (secondary N) is 1. The second-order valence-electron chi connectivity index (χ2n) is 6.08. The molecular weight excluding hydrogens is 390 g/mol. The van der Waals surface area contributed by atoms with Gasteiger partial charge in [-0.2, -0.15) is 12.7 Å². The van der Waals surface area contributed by atoms with Crippen molar-refractivity contribution in [2.24, 2.45) is 4.40 Å². The van der Waals surface area contributed by atoms with E-state index in [9.17, 15) is 16.8 Å². The smallest absolute Gasteiger partial charge is 0.285 e. The molecular formula is C17H17N3O5S2. The Balaban J connectivity index is 1.57. The normalized spacial score (nSPS) is 19.3. The van der Waals surface area contributed by atoms with Crippen LogP contribution in [0.1, 0.15) is 5.56 Å². The SMILES string of the molecule is O=S1(=O)N=C(Nc2ccc(S(=O)(=O)N3CCOCC3)cc2)c2ccccc21. The highest BCUT2D eigenvalue weighted by Crippen LogP contribution is 2.27. The average Bonchev–Trinajstić information content (AvgIpc) is 2.93. The van der Waals surface area contributed by atoms with Gasteiger partial charge in [-0.25, -0.2) is 8.42 Å². The molecule has 1 fully saturated rings. The number of fused-ring (bicyclic) bond motifs is 1. The lowest BCUT2D eigenvalue weighted by Crippen LogP contribution is -2.40. The van der Waals surface area contributed by atoms with E-state index in [1.807, 2.05) is 0 Å². The van der Waals surface area contributed by atoms with Crippen LogP contribution in [0.25, 0.3) is 0 Å². The Morgan fingerprint density at radius 2 is 1.67 bits per heavy atom. The van der Waals surface area contributed by atoms with Crippen LogP contribution < -0.4 is 5.32 Å². The second-order valence-corrected chi connectivity index (χ2v) is 9.59. The number of benzene rings is 2. The minimum Gasteiger partial charge on any atom is -0.379 e. The van der Waals surface area contributed by atoms with Crippen LogP contribution in [0, 0.1) is 0 Å². The molecule has 0 spiro atoms. The van der Waals surface area contributed by atoms with Gasteiger partial charge in [-0.1, -0.05) is 12.1 Å². The number of hydrogen-bond acceptors (Lipinski definition) is 6. The summed E-state index contributed by atoms with van der Waals surface area (Å²) in [5.74, 6) is 0.217. The average molecular weight is 407 g/mol. The van der Waals surface area contributed by atoms with E-state index < -0.39 is 20.0 Å². The zero-order valence-electron chi connectivity index (χ0n) is 14.2. The van der Waals surface area contributed by atoms with Crippen LogP contribution in [0.3, 0.4) is 0 Å². The first-order valence-electron chi connectivity index (χ1n) is 8.27. The minimum absolute atomic E-state index is 0.152. The van der Waals surface area contributed by atoms with Crippen LogP contribution in [0.5, 0.6) is 0 Å². The van der Waals surface area contributed by atoms with Crippen molar-refractivity contribution in [3.8, 4) is 0 Å². The summed E-state index contributed by atoms with van der Waals surface area (Å²) in [6.07, 6.45) is 0. The maximum absolute atomic E-state index is 12.6. The van der Waals surface area contributed by atoms with Crippen molar-refractivity contribution in [3.63, 3.8) is 0 Å². The predicted molar refractivity (Wildman–Crippen MR) is 99.8 cm³/mol. The lowest BCUT2D eigenvalue weighted by molar-refractivity contribution is 0.0730. The first-order chi connectivity index (χ1) is 12.9. The molecule has 2 aliphatic heterocycles. The van der Waals surface area contributed by atoms with Gasteiger partial charge in [0, 0.05) is 24.3 Å². The van der Waals surface area contributed by atoms with Gasteiger partial charge in [0.15, 0.2) is 5.84 Å². The topological polar surface area (TPSA) is 105 Å². The molecule has 2 aromatic carbocycles. The molecule has 27 heavy (non-hydrogen) atoms. The largest absolute Gasteiger partial charge is 0.379 e. The molecule has 1 saturated heterocycles. The Kier molecular flexibility index (Phi) is 4.50. The fourth-order valence-corrected chi connectivity index (χ4v) is 5.56. The molecule has 0 unspecified atom stereocenters. The highest BCUT2D eigenvalue weighted by molar-refractivity contribution is 7.90. The summed E-state index contributed by atoms with van der Waals surface area (Å²) in [7, 11) is -7.28. The van der Waals surface area contributed by atoms with E-state index in [-0.39, 0.29) is 15.6 Å². The van der Waals surface area contributed by atoms with Crippen LogP contribution in [-0.4, -0.2) is 53.3 Å². The van der Waals surface area contributed by atoms with E-state index in [1.165, 1.54) is 22.5 Å². The zero-order chi connectivity index (χ0) is 19.1. The Hall–Kier alpha value is -2.27. The molecule has 10 heteroatoms. The van der Waals surface area contributed by atoms with E-state index in [0.717, 1.165) is 0 Å². The molecule has 2 aliphatic rings. The van der Waals surface area contributed by atoms with E-state index in [4.69, 9.17) is 4.74 Å². The first-order valence-corrected chi connectivity index (χ1v) is 11.2. The van der Waals surface area contributed by atoms with Gasteiger partial charge in [-0.05, 0) is 36.4 Å². The maximum atomic E-state index is 12.6. The van der Waals surface area contributed by atoms with Gasteiger partial charge in [-0.3, -0.25) is 0 Å². The Morgan fingerprint density at radius 3 is 2.37 bits per heavy atom. The highest BCUT2D eigenvalue weighted by Gasteiger charge is 2.29. The quantitative estimate of drug-likeness (QED) is 0.822. The molecule has 0 amide bonds. The van der Waals surface area contributed by atoms with Crippen molar-refractivity contribution in [1.82, 2.24) is 4.31 Å². The van der Waals surface area contributed by atoms with Crippen LogP contribution in [-0.2, 0) is 24.8 Å². The summed E-state index contributed by atoms with van der Waals surface area (Å²) in [6.45, 7) is 1.42. The van der Waals surface area contributed by atoms with Gasteiger partial charge in [0.2, 0.25) is 10.0 Å². The highest BCUT2D eigenvalue weighted by atomic mass is 32.2. The van der Waals surface area contributed by atoms with Crippen molar-refractivity contribution < 1.29 is 21.6 Å². The van der Waals surface area contributed by atoms with Crippen molar-refractivity contribution in [2.75, 3.05) is 31.6 Å². The Labute approximate surface area is 157 Å². The van der Waals surface area contributed by atoms with Crippen molar-refractivity contribution >= 4 is 31.6 Å². The van der Waals surface area contributed by atoms with Crippen LogP contribution in [0.2, 0.25) is 0 Å². The predicted octanol–water partition coefficient (Wildman–Crippen LogP) is 1.27. The first kappa shape index (κ1) is 18.1. The lowest BCUT2D eigenvalue weighted by Gasteiger charge is -2.26. The number of amidine groups is 1. The van der Waals surface area contributed by atoms with Gasteiger partial charge in [0.25, 0.3) is 10.0 Å². The van der Waals surface area contributed by atoms with Gasteiger partial charge in [0.05, 0.1) is 18.1 Å². The number of morpholine rings is 1. The van der Waals surface area contributed by atoms with Crippen molar-refractivity contribution in [1.29, 1.82) is 0 Å². The number of ether oxygens (including phenoxy) is 1. The van der Waals surface area contributed by atoms with E-state index in [0.29, 0.717) is 37.6 Å². The number of hydrogen-bond donors (Lipinski definition) is 1. The van der Waals surface area contributed by atoms with Crippen molar-refractivity contribution in [2.45, 2.75) is 9.79 Å². The summed E-state index contributed by atoms with van der Waals surface area (Å²) in [5.41, 5.74) is 1.03. The number of rotatable bonds is 3. The fraction of sp³-hybridized carbons (Fsp3) is 0.235. The van der Waals surface area contributed by atoms with Crippen LogP contribution in [0.4, 0.5) is 5.69 Å². The molecule has 0 aliphatic carbocycles. The third kappa shape index (κ3) is 3.36. The summed E-state index contributed by atoms with van der Waals surface area (Å²) < 4.78 is 59.8. The van der Waals surface area contributed by atoms with E-state index in [2.05, 4.69) is 9.71 Å². The number of sulfonamides is 2. The third-order valence-electron chi connectivity index (χ3n) is 4.36. The molecule has 2 heterocycles. The molecule has 8 nitrogen and oxygen atoms in total.